The first kappa shape index (κ1) is 23.8. The molecule has 4 rings (SSSR count). The lowest BCUT2D eigenvalue weighted by molar-refractivity contribution is -0.112. The van der Waals surface area contributed by atoms with Crippen molar-refractivity contribution in [3.05, 3.63) is 48.0 Å². The van der Waals surface area contributed by atoms with Gasteiger partial charge in [0.25, 0.3) is 0 Å². The van der Waals surface area contributed by atoms with Crippen LogP contribution in [0, 0.1) is 0 Å². The minimum Gasteiger partial charge on any atom is -0.332 e. The maximum Gasteiger partial charge on any atom is 0.242 e. The maximum atomic E-state index is 13.2. The van der Waals surface area contributed by atoms with Gasteiger partial charge in [-0.2, -0.15) is 0 Å². The van der Waals surface area contributed by atoms with Gasteiger partial charge in [0.15, 0.2) is 0 Å². The fourth-order valence-corrected chi connectivity index (χ4v) is 4.46. The molecule has 1 aromatic carbocycles. The number of aryl methyl sites for hydroxylation is 1. The third-order valence-electron chi connectivity index (χ3n) is 7.17. The summed E-state index contributed by atoms with van der Waals surface area (Å²) in [7, 11) is 16.5. The monoisotopic (exact) mass is 439 g/mol. The number of nitrogens with one attached hydrogen (secondary N) is 1. The number of benzene rings is 1. The molecule has 3 aromatic heterocycles. The van der Waals surface area contributed by atoms with Crippen LogP contribution in [0.15, 0.2) is 42.4 Å². The van der Waals surface area contributed by atoms with E-state index in [1.807, 2.05) is 45.5 Å². The maximum absolute atomic E-state index is 13.2. The molecule has 0 aliphatic carbocycles. The van der Waals surface area contributed by atoms with Crippen LogP contribution in [-0.2, 0) is 11.8 Å². The molecule has 0 unspecified atom stereocenters. The molecule has 34 heavy (non-hydrogen) atoms. The number of aromatic nitrogens is 4. The second kappa shape index (κ2) is 9.13. The largest absolute Gasteiger partial charge is 0.332 e. The molecule has 13 heteroatoms. The van der Waals surface area contributed by atoms with Crippen LogP contribution in [0.3, 0.4) is 0 Å². The summed E-state index contributed by atoms with van der Waals surface area (Å²) in [6.07, 6.45) is 5.27. The Labute approximate surface area is 206 Å². The van der Waals surface area contributed by atoms with Crippen molar-refractivity contribution in [2.24, 2.45) is 7.05 Å². The van der Waals surface area contributed by atoms with E-state index in [9.17, 15) is 4.79 Å². The summed E-state index contributed by atoms with van der Waals surface area (Å²) in [6.45, 7) is 0. The highest BCUT2D eigenvalue weighted by Crippen LogP contribution is 2.22. The van der Waals surface area contributed by atoms with Gasteiger partial charge >= 0.3 is 0 Å². The summed E-state index contributed by atoms with van der Waals surface area (Å²) in [5, 5.41) is 3.87. The van der Waals surface area contributed by atoms with E-state index in [1.165, 1.54) is 27.3 Å². The standard InChI is InChI=1S/C21H24B7N5O/c1-33-7-29-6-11(33)9-3-2-8-5-30-12(4-10(8)31-9)32-21(34)20(28)16(24)13-14(22)17(25)19(27)18(26)15(13)23/h2-7H,22-28H2,1H3,(H,30,32,34)/b20-16+. The van der Waals surface area contributed by atoms with Gasteiger partial charge in [0.2, 0.25) is 5.91 Å². The zero-order valence-corrected chi connectivity index (χ0v) is 21.2. The highest BCUT2D eigenvalue weighted by Gasteiger charge is 2.17. The van der Waals surface area contributed by atoms with Crippen LogP contribution in [-0.4, -0.2) is 80.4 Å². The molecule has 0 bridgehead atoms. The SMILES string of the molecule is B/C(C(=O)Nc1cc2nc(-c3cncn3C)ccc2cn1)=C(/B)c1c(B)c(B)c(B)c(B)c1B. The number of hydrogen-bond donors (Lipinski definition) is 1. The van der Waals surface area contributed by atoms with Gasteiger partial charge in [0.05, 0.1) is 29.4 Å². The average Bonchev–Trinajstić information content (AvgIpc) is 3.26. The van der Waals surface area contributed by atoms with Crippen LogP contribution < -0.4 is 32.6 Å². The summed E-state index contributed by atoms with van der Waals surface area (Å²) in [5.74, 6) is 0.311. The average molecular weight is 438 g/mol. The lowest BCUT2D eigenvalue weighted by Gasteiger charge is -2.22. The summed E-state index contributed by atoms with van der Waals surface area (Å²) in [4.78, 5) is 26.5. The van der Waals surface area contributed by atoms with Gasteiger partial charge in [-0.25, -0.2) is 15.0 Å². The van der Waals surface area contributed by atoms with Crippen molar-refractivity contribution >= 4 is 110 Å². The van der Waals surface area contributed by atoms with Gasteiger partial charge < -0.3 is 9.88 Å². The van der Waals surface area contributed by atoms with Crippen molar-refractivity contribution in [3.8, 4) is 11.4 Å². The Kier molecular flexibility index (Phi) is 6.39. The summed E-state index contributed by atoms with van der Waals surface area (Å²) < 4.78 is 1.92. The Hall–Kier alpha value is -3.35. The van der Waals surface area contributed by atoms with Gasteiger partial charge in [0, 0.05) is 24.7 Å². The summed E-state index contributed by atoms with van der Waals surface area (Å²) in [5.41, 5.74) is 11.6. The molecule has 0 aliphatic rings. The summed E-state index contributed by atoms with van der Waals surface area (Å²) >= 11 is 0. The number of carbonyl (C=O) groups is 1. The van der Waals surface area contributed by atoms with Crippen molar-refractivity contribution in [1.82, 2.24) is 19.5 Å². The number of nitrogens with zero attached hydrogens (tertiary/aromatic N) is 4. The second-order valence-electron chi connectivity index (χ2n) is 9.05. The highest BCUT2D eigenvalue weighted by atomic mass is 16.1. The lowest BCUT2D eigenvalue weighted by Crippen LogP contribution is -2.56. The molecular weight excluding hydrogens is 414 g/mol. The molecule has 6 nitrogen and oxygen atoms in total. The topological polar surface area (TPSA) is 72.7 Å². The molecule has 0 radical (unpaired) electrons. The van der Waals surface area contributed by atoms with E-state index in [-0.39, 0.29) is 5.91 Å². The molecule has 0 aliphatic heterocycles. The predicted molar refractivity (Wildman–Crippen MR) is 162 cm³/mol. The van der Waals surface area contributed by atoms with E-state index in [0.717, 1.165) is 33.3 Å². The highest BCUT2D eigenvalue weighted by molar-refractivity contribution is 6.70. The molecule has 0 saturated carbocycles. The second-order valence-corrected chi connectivity index (χ2v) is 9.05. The number of carbonyl (C=O) groups excluding carboxylic acids is 1. The van der Waals surface area contributed by atoms with Crippen molar-refractivity contribution in [2.75, 3.05) is 5.32 Å². The zero-order chi connectivity index (χ0) is 24.7. The Balaban J connectivity index is 1.68. The molecule has 1 amide bonds. The van der Waals surface area contributed by atoms with Gasteiger partial charge in [-0.3, -0.25) is 4.79 Å². The third-order valence-corrected chi connectivity index (χ3v) is 7.17. The molecule has 0 atom stereocenters. The molecule has 0 fully saturated rings. The van der Waals surface area contributed by atoms with Crippen LogP contribution in [0.4, 0.5) is 5.82 Å². The molecule has 0 spiro atoms. The van der Waals surface area contributed by atoms with Crippen molar-refractivity contribution in [3.63, 3.8) is 0 Å². The number of amides is 1. The number of pyridine rings is 2. The number of imidazole rings is 1. The fraction of sp³-hybridized carbons (Fsp3) is 0.0476. The van der Waals surface area contributed by atoms with Crippen LogP contribution in [0.5, 0.6) is 0 Å². The molecule has 3 heterocycles. The Morgan fingerprint density at radius 3 is 2.21 bits per heavy atom. The van der Waals surface area contributed by atoms with Crippen molar-refractivity contribution < 1.29 is 4.79 Å². The molecule has 0 saturated heterocycles. The Morgan fingerprint density at radius 1 is 0.941 bits per heavy atom. The van der Waals surface area contributed by atoms with Gasteiger partial charge in [-0.1, -0.05) is 16.4 Å². The molecule has 160 valence electrons. The van der Waals surface area contributed by atoms with Crippen LogP contribution >= 0.6 is 0 Å². The lowest BCUT2D eigenvalue weighted by atomic mass is 9.57. The van der Waals surface area contributed by atoms with E-state index in [1.54, 1.807) is 18.7 Å². The van der Waals surface area contributed by atoms with Gasteiger partial charge in [0.1, 0.15) is 60.7 Å². The number of fused-ring (bicyclic) bond motifs is 1. The smallest absolute Gasteiger partial charge is 0.242 e. The normalized spacial score (nSPS) is 11.9. The minimum absolute atomic E-state index is 0.165. The van der Waals surface area contributed by atoms with E-state index < -0.39 is 0 Å². The van der Waals surface area contributed by atoms with Gasteiger partial charge in [-0.05, 0) is 23.2 Å². The summed E-state index contributed by atoms with van der Waals surface area (Å²) in [6, 6.07) is 5.74. The first-order chi connectivity index (χ1) is 16.1. The fourth-order valence-electron chi connectivity index (χ4n) is 4.46. The van der Waals surface area contributed by atoms with Crippen LogP contribution in [0.2, 0.25) is 0 Å². The number of hydrogen-bond acceptors (Lipinski definition) is 4. The Morgan fingerprint density at radius 2 is 1.59 bits per heavy atom. The number of rotatable bonds is 4. The predicted octanol–water partition coefficient (Wildman–Crippen LogP) is -7.10. The first-order valence-electron chi connectivity index (χ1n) is 11.4. The van der Waals surface area contributed by atoms with E-state index in [2.05, 4.69) is 54.5 Å². The van der Waals surface area contributed by atoms with Crippen LogP contribution in [0.1, 0.15) is 5.56 Å². The van der Waals surface area contributed by atoms with Crippen molar-refractivity contribution in [2.45, 2.75) is 0 Å². The first-order valence-corrected chi connectivity index (χ1v) is 11.4. The Bertz CT molecular complexity index is 1470. The van der Waals surface area contributed by atoms with E-state index in [0.29, 0.717) is 11.3 Å². The quantitative estimate of drug-likeness (QED) is 0.254. The zero-order valence-electron chi connectivity index (χ0n) is 21.2. The van der Waals surface area contributed by atoms with E-state index in [4.69, 9.17) is 4.98 Å². The van der Waals surface area contributed by atoms with Crippen LogP contribution in [0.25, 0.3) is 27.8 Å². The third kappa shape index (κ3) is 4.15. The van der Waals surface area contributed by atoms with Crippen molar-refractivity contribution in [1.29, 1.82) is 0 Å². The minimum atomic E-state index is -0.165. The van der Waals surface area contributed by atoms with Gasteiger partial charge in [-0.15, -0.1) is 16.4 Å². The molecule has 1 N–H and O–H groups in total. The molecule has 4 aromatic rings. The van der Waals surface area contributed by atoms with E-state index >= 15 is 0 Å². The number of anilines is 1. The molecular formula is C21H24B7N5O.